The monoisotopic (exact) mass is 296 g/mol. The first-order valence-corrected chi connectivity index (χ1v) is 8.19. The summed E-state index contributed by atoms with van der Waals surface area (Å²) in [5, 5.41) is 0. The largest absolute Gasteiger partial charge is 0.355 e. The van der Waals surface area contributed by atoms with Crippen molar-refractivity contribution in [2.24, 2.45) is 0 Å². The van der Waals surface area contributed by atoms with Crippen LogP contribution >= 0.6 is 0 Å². The molecule has 2 heterocycles. The van der Waals surface area contributed by atoms with Crippen LogP contribution in [0.5, 0.6) is 0 Å². The maximum Gasteiger partial charge on any atom is 0.131 e. The van der Waals surface area contributed by atoms with Gasteiger partial charge in [-0.3, -0.25) is 0 Å². The van der Waals surface area contributed by atoms with Gasteiger partial charge in [-0.25, -0.2) is 9.97 Å². The van der Waals surface area contributed by atoms with E-state index in [4.69, 9.17) is 0 Å². The van der Waals surface area contributed by atoms with E-state index in [2.05, 4.69) is 50.1 Å². The summed E-state index contributed by atoms with van der Waals surface area (Å²) < 4.78 is 0. The van der Waals surface area contributed by atoms with Gasteiger partial charge in [0.1, 0.15) is 12.1 Å². The minimum atomic E-state index is 1.06. The van der Waals surface area contributed by atoms with Crippen molar-refractivity contribution in [3.05, 3.63) is 54.5 Å². The molecule has 4 heteroatoms. The van der Waals surface area contributed by atoms with Gasteiger partial charge in [-0.1, -0.05) is 30.3 Å². The summed E-state index contributed by atoms with van der Waals surface area (Å²) in [7, 11) is 0. The third kappa shape index (κ3) is 4.28. The Kier molecular flexibility index (Phi) is 5.37. The molecule has 116 valence electrons. The molecular formula is C18H24N4. The Labute approximate surface area is 132 Å². The molecular weight excluding hydrogens is 272 g/mol. The number of aryl methyl sites for hydroxylation is 1. The number of benzene rings is 1. The highest BCUT2D eigenvalue weighted by molar-refractivity contribution is 5.36. The van der Waals surface area contributed by atoms with Gasteiger partial charge in [-0.15, -0.1) is 0 Å². The molecule has 0 spiro atoms. The van der Waals surface area contributed by atoms with Gasteiger partial charge in [0.25, 0.3) is 0 Å². The van der Waals surface area contributed by atoms with Crippen LogP contribution in [0.3, 0.4) is 0 Å². The normalized spacial score (nSPS) is 16.5. The fourth-order valence-electron chi connectivity index (χ4n) is 3.05. The van der Waals surface area contributed by atoms with Crippen molar-refractivity contribution in [3.63, 3.8) is 0 Å². The molecule has 3 rings (SSSR count). The lowest BCUT2D eigenvalue weighted by atomic mass is 10.1. The van der Waals surface area contributed by atoms with Crippen LogP contribution in [0, 0.1) is 0 Å². The summed E-state index contributed by atoms with van der Waals surface area (Å²) in [6.45, 7) is 5.65. The molecule has 0 saturated carbocycles. The summed E-state index contributed by atoms with van der Waals surface area (Å²) in [4.78, 5) is 13.3. The van der Waals surface area contributed by atoms with Gasteiger partial charge >= 0.3 is 0 Å². The molecule has 0 atom stereocenters. The van der Waals surface area contributed by atoms with Gasteiger partial charge in [0.05, 0.1) is 0 Å². The van der Waals surface area contributed by atoms with E-state index in [-0.39, 0.29) is 0 Å². The lowest BCUT2D eigenvalue weighted by molar-refractivity contribution is 0.290. The van der Waals surface area contributed by atoms with E-state index in [1.807, 2.05) is 12.3 Å². The van der Waals surface area contributed by atoms with E-state index in [0.29, 0.717) is 0 Å². The molecule has 4 nitrogen and oxygen atoms in total. The van der Waals surface area contributed by atoms with Crippen LogP contribution < -0.4 is 4.90 Å². The molecule has 0 unspecified atom stereocenters. The first-order valence-electron chi connectivity index (χ1n) is 8.19. The van der Waals surface area contributed by atoms with Gasteiger partial charge in [0, 0.05) is 25.8 Å². The quantitative estimate of drug-likeness (QED) is 0.849. The molecule has 1 aliphatic heterocycles. The fraction of sp³-hybridized carbons (Fsp3) is 0.444. The smallest absolute Gasteiger partial charge is 0.131 e. The molecule has 2 aromatic rings. The first-order chi connectivity index (χ1) is 10.9. The van der Waals surface area contributed by atoms with E-state index in [1.165, 1.54) is 37.9 Å². The highest BCUT2D eigenvalue weighted by atomic mass is 15.2. The van der Waals surface area contributed by atoms with Crippen LogP contribution in [0.1, 0.15) is 18.4 Å². The number of hydrogen-bond donors (Lipinski definition) is 0. The Balaban J connectivity index is 1.44. The van der Waals surface area contributed by atoms with Crippen molar-refractivity contribution >= 4 is 5.82 Å². The Morgan fingerprint density at radius 2 is 1.86 bits per heavy atom. The van der Waals surface area contributed by atoms with Gasteiger partial charge in [-0.2, -0.15) is 0 Å². The molecule has 1 saturated heterocycles. The van der Waals surface area contributed by atoms with Crippen LogP contribution in [0.15, 0.2) is 48.9 Å². The summed E-state index contributed by atoms with van der Waals surface area (Å²) >= 11 is 0. The van der Waals surface area contributed by atoms with Gasteiger partial charge in [-0.05, 0) is 44.0 Å². The summed E-state index contributed by atoms with van der Waals surface area (Å²) in [6, 6.07) is 12.8. The number of nitrogens with zero attached hydrogens (tertiary/aromatic N) is 4. The average Bonchev–Trinajstić information content (AvgIpc) is 2.82. The summed E-state index contributed by atoms with van der Waals surface area (Å²) in [5.74, 6) is 1.06. The van der Waals surface area contributed by atoms with Gasteiger partial charge in [0.2, 0.25) is 0 Å². The molecule has 1 aromatic carbocycles. The predicted molar refractivity (Wildman–Crippen MR) is 90.1 cm³/mol. The molecule has 1 fully saturated rings. The fourth-order valence-corrected chi connectivity index (χ4v) is 3.05. The van der Waals surface area contributed by atoms with Crippen molar-refractivity contribution in [1.82, 2.24) is 14.9 Å². The third-order valence-electron chi connectivity index (χ3n) is 4.26. The van der Waals surface area contributed by atoms with E-state index in [0.717, 1.165) is 25.5 Å². The molecule has 0 radical (unpaired) electrons. The zero-order valence-corrected chi connectivity index (χ0v) is 13.1. The number of aromatic nitrogens is 2. The SMILES string of the molecule is c1ccc(CCCN2CCCN(c3ccncn3)CC2)cc1. The highest BCUT2D eigenvalue weighted by Gasteiger charge is 2.15. The van der Waals surface area contributed by atoms with Crippen LogP contribution in [-0.2, 0) is 6.42 Å². The number of hydrogen-bond acceptors (Lipinski definition) is 4. The topological polar surface area (TPSA) is 32.3 Å². The molecule has 1 aliphatic rings. The Morgan fingerprint density at radius 1 is 0.955 bits per heavy atom. The number of anilines is 1. The second kappa shape index (κ2) is 7.90. The minimum Gasteiger partial charge on any atom is -0.355 e. The highest BCUT2D eigenvalue weighted by Crippen LogP contribution is 2.13. The van der Waals surface area contributed by atoms with Gasteiger partial charge < -0.3 is 9.80 Å². The van der Waals surface area contributed by atoms with Crippen molar-refractivity contribution in [2.45, 2.75) is 19.3 Å². The molecule has 1 aromatic heterocycles. The van der Waals surface area contributed by atoms with Crippen molar-refractivity contribution in [1.29, 1.82) is 0 Å². The Hall–Kier alpha value is -1.94. The lowest BCUT2D eigenvalue weighted by Gasteiger charge is -2.22. The zero-order valence-electron chi connectivity index (χ0n) is 13.1. The van der Waals surface area contributed by atoms with E-state index in [1.54, 1.807) is 6.33 Å². The molecule has 0 aliphatic carbocycles. The maximum absolute atomic E-state index is 4.37. The van der Waals surface area contributed by atoms with Crippen molar-refractivity contribution < 1.29 is 0 Å². The predicted octanol–water partition coefficient (Wildman–Crippen LogP) is 2.62. The van der Waals surface area contributed by atoms with Gasteiger partial charge in [0.15, 0.2) is 0 Å². The number of rotatable bonds is 5. The molecule has 22 heavy (non-hydrogen) atoms. The van der Waals surface area contributed by atoms with Crippen LogP contribution in [-0.4, -0.2) is 47.6 Å². The maximum atomic E-state index is 4.37. The molecule has 0 amide bonds. The Bertz CT molecular complexity index is 544. The van der Waals surface area contributed by atoms with E-state index >= 15 is 0 Å². The average molecular weight is 296 g/mol. The van der Waals surface area contributed by atoms with E-state index < -0.39 is 0 Å². The van der Waals surface area contributed by atoms with Crippen molar-refractivity contribution in [2.75, 3.05) is 37.6 Å². The standard InChI is InChI=1S/C18H24N4/c1-2-6-17(7-3-1)8-4-11-21-12-5-13-22(15-14-21)18-9-10-19-16-20-18/h1-3,6-7,9-10,16H,4-5,8,11-15H2. The van der Waals surface area contributed by atoms with Crippen molar-refractivity contribution in [3.8, 4) is 0 Å². The Morgan fingerprint density at radius 3 is 2.68 bits per heavy atom. The van der Waals surface area contributed by atoms with Crippen LogP contribution in [0.2, 0.25) is 0 Å². The first kappa shape index (κ1) is 15.0. The van der Waals surface area contributed by atoms with Crippen LogP contribution in [0.4, 0.5) is 5.82 Å². The zero-order chi connectivity index (χ0) is 15.0. The summed E-state index contributed by atoms with van der Waals surface area (Å²) in [5.41, 5.74) is 1.44. The van der Waals surface area contributed by atoms with E-state index in [9.17, 15) is 0 Å². The lowest BCUT2D eigenvalue weighted by Crippen LogP contribution is -2.31. The second-order valence-electron chi connectivity index (χ2n) is 5.84. The second-order valence-corrected chi connectivity index (χ2v) is 5.84. The minimum absolute atomic E-state index is 1.06. The molecule has 0 N–H and O–H groups in total. The third-order valence-corrected chi connectivity index (χ3v) is 4.26. The molecule has 0 bridgehead atoms. The van der Waals surface area contributed by atoms with Crippen LogP contribution in [0.25, 0.3) is 0 Å². The summed E-state index contributed by atoms with van der Waals surface area (Å²) in [6.07, 6.45) is 7.07.